The van der Waals surface area contributed by atoms with E-state index in [9.17, 15) is 9.59 Å². The third-order valence-electron chi connectivity index (χ3n) is 3.63. The summed E-state index contributed by atoms with van der Waals surface area (Å²) >= 11 is 7.72. The first-order chi connectivity index (χ1) is 13.0. The summed E-state index contributed by atoms with van der Waals surface area (Å²) in [5.41, 5.74) is 2.21. The zero-order valence-corrected chi connectivity index (χ0v) is 16.1. The van der Waals surface area contributed by atoms with Crippen molar-refractivity contribution in [1.29, 1.82) is 0 Å². The molecule has 6 heteroatoms. The Morgan fingerprint density at radius 2 is 1.78 bits per heavy atom. The molecule has 136 valence electrons. The van der Waals surface area contributed by atoms with Crippen LogP contribution in [0.25, 0.3) is 16.5 Å². The van der Waals surface area contributed by atoms with Crippen molar-refractivity contribution in [2.75, 3.05) is 10.6 Å². The van der Waals surface area contributed by atoms with Gasteiger partial charge in [0.05, 0.1) is 10.7 Å². The second kappa shape index (κ2) is 8.66. The van der Waals surface area contributed by atoms with Gasteiger partial charge in [0, 0.05) is 28.4 Å². The Balaban J connectivity index is 1.63. The second-order valence-electron chi connectivity index (χ2n) is 5.77. The van der Waals surface area contributed by atoms with Crippen molar-refractivity contribution >= 4 is 52.2 Å². The van der Waals surface area contributed by atoms with Crippen LogP contribution in [-0.2, 0) is 9.59 Å². The number of amides is 2. The summed E-state index contributed by atoms with van der Waals surface area (Å²) in [5, 5.41) is 5.73. The lowest BCUT2D eigenvalue weighted by atomic mass is 10.2. The second-order valence-corrected chi connectivity index (χ2v) is 7.29. The van der Waals surface area contributed by atoms with Crippen LogP contribution in [0.4, 0.5) is 11.4 Å². The van der Waals surface area contributed by atoms with E-state index in [2.05, 4.69) is 22.8 Å². The minimum atomic E-state index is -0.256. The molecule has 4 nitrogen and oxygen atoms in total. The molecule has 0 saturated heterocycles. The minimum absolute atomic E-state index is 0.206. The average Bonchev–Trinajstić information content (AvgIpc) is 3.12. The average molecular weight is 397 g/mol. The van der Waals surface area contributed by atoms with Gasteiger partial charge >= 0.3 is 0 Å². The van der Waals surface area contributed by atoms with E-state index in [0.717, 1.165) is 15.3 Å². The SMILES string of the molecule is CC(=O)Nc1ccc(NC(=O)/C=C/c2ccc(-c3ccccc3)s2)cc1Cl. The molecule has 0 bridgehead atoms. The zero-order valence-electron chi connectivity index (χ0n) is 14.5. The fraction of sp³-hybridized carbons (Fsp3) is 0.0476. The van der Waals surface area contributed by atoms with Gasteiger partial charge in [-0.15, -0.1) is 11.3 Å². The van der Waals surface area contributed by atoms with E-state index >= 15 is 0 Å². The van der Waals surface area contributed by atoms with Gasteiger partial charge in [0.25, 0.3) is 0 Å². The molecule has 0 spiro atoms. The Kier molecular flexibility index (Phi) is 6.06. The Bertz CT molecular complexity index is 996. The topological polar surface area (TPSA) is 58.2 Å². The molecule has 0 aliphatic heterocycles. The molecule has 1 heterocycles. The minimum Gasteiger partial charge on any atom is -0.325 e. The van der Waals surface area contributed by atoms with Gasteiger partial charge < -0.3 is 10.6 Å². The van der Waals surface area contributed by atoms with Gasteiger partial charge in [-0.1, -0.05) is 41.9 Å². The van der Waals surface area contributed by atoms with Gasteiger partial charge in [0.2, 0.25) is 11.8 Å². The van der Waals surface area contributed by atoms with E-state index in [1.54, 1.807) is 35.6 Å². The van der Waals surface area contributed by atoms with Gasteiger partial charge in [-0.25, -0.2) is 0 Å². The largest absolute Gasteiger partial charge is 0.325 e. The standard InChI is InChI=1S/C21H17ClN2O2S/c1-14(25)23-19-10-7-16(13-18(19)22)24-21(26)12-9-17-8-11-20(27-17)15-5-3-2-4-6-15/h2-13H,1H3,(H,23,25)(H,24,26)/b12-9+. The highest BCUT2D eigenvalue weighted by atomic mass is 35.5. The predicted molar refractivity (Wildman–Crippen MR) is 113 cm³/mol. The van der Waals surface area contributed by atoms with Crippen LogP contribution in [0.2, 0.25) is 5.02 Å². The maximum Gasteiger partial charge on any atom is 0.248 e. The van der Waals surface area contributed by atoms with E-state index in [1.807, 2.05) is 30.3 Å². The molecule has 3 rings (SSSR count). The Labute approximate surface area is 166 Å². The van der Waals surface area contributed by atoms with Crippen molar-refractivity contribution in [2.45, 2.75) is 6.92 Å². The molecular weight excluding hydrogens is 380 g/mol. The van der Waals surface area contributed by atoms with Crippen LogP contribution in [0.5, 0.6) is 0 Å². The first-order valence-electron chi connectivity index (χ1n) is 8.23. The van der Waals surface area contributed by atoms with Crippen LogP contribution in [0, 0.1) is 0 Å². The molecule has 1 aromatic heterocycles. The van der Waals surface area contributed by atoms with Crippen LogP contribution in [0.15, 0.2) is 66.7 Å². The van der Waals surface area contributed by atoms with E-state index in [0.29, 0.717) is 16.4 Å². The highest BCUT2D eigenvalue weighted by molar-refractivity contribution is 7.16. The maximum atomic E-state index is 12.1. The van der Waals surface area contributed by atoms with Crippen molar-refractivity contribution < 1.29 is 9.59 Å². The lowest BCUT2D eigenvalue weighted by Crippen LogP contribution is -2.09. The van der Waals surface area contributed by atoms with Crippen LogP contribution in [0.1, 0.15) is 11.8 Å². The molecular formula is C21H17ClN2O2S. The van der Waals surface area contributed by atoms with Crippen molar-refractivity contribution in [2.24, 2.45) is 0 Å². The van der Waals surface area contributed by atoms with Crippen LogP contribution >= 0.6 is 22.9 Å². The third kappa shape index (κ3) is 5.29. The number of rotatable bonds is 5. The lowest BCUT2D eigenvalue weighted by molar-refractivity contribution is -0.114. The normalized spacial score (nSPS) is 10.7. The van der Waals surface area contributed by atoms with E-state index < -0.39 is 0 Å². The summed E-state index contributed by atoms with van der Waals surface area (Å²) in [6.45, 7) is 1.41. The molecule has 0 unspecified atom stereocenters. The van der Waals surface area contributed by atoms with Crippen LogP contribution in [-0.4, -0.2) is 11.8 Å². The molecule has 27 heavy (non-hydrogen) atoms. The van der Waals surface area contributed by atoms with Gasteiger partial charge in [0.1, 0.15) is 0 Å². The van der Waals surface area contributed by atoms with Gasteiger partial charge in [-0.05, 0) is 42.0 Å². The Morgan fingerprint density at radius 3 is 2.48 bits per heavy atom. The number of carbonyl (C=O) groups excluding carboxylic acids is 2. The van der Waals surface area contributed by atoms with Crippen molar-refractivity contribution in [3.63, 3.8) is 0 Å². The van der Waals surface area contributed by atoms with Crippen molar-refractivity contribution in [3.8, 4) is 10.4 Å². The maximum absolute atomic E-state index is 12.1. The quantitative estimate of drug-likeness (QED) is 0.545. The number of anilines is 2. The molecule has 2 N–H and O–H groups in total. The molecule has 0 atom stereocenters. The summed E-state index contributed by atoms with van der Waals surface area (Å²) in [6, 6.07) is 19.0. The summed E-state index contributed by atoms with van der Waals surface area (Å²) in [4.78, 5) is 25.4. The Hall–Kier alpha value is -2.89. The van der Waals surface area contributed by atoms with Crippen molar-refractivity contribution in [3.05, 3.63) is 76.6 Å². The Morgan fingerprint density at radius 1 is 1.00 bits per heavy atom. The summed E-state index contributed by atoms with van der Waals surface area (Å²) in [7, 11) is 0. The number of hydrogen-bond acceptors (Lipinski definition) is 3. The number of hydrogen-bond donors (Lipinski definition) is 2. The van der Waals surface area contributed by atoms with Crippen LogP contribution in [0.3, 0.4) is 0 Å². The number of carbonyl (C=O) groups is 2. The molecule has 0 aliphatic rings. The van der Waals surface area contributed by atoms with Gasteiger partial charge in [-0.2, -0.15) is 0 Å². The van der Waals surface area contributed by atoms with Crippen molar-refractivity contribution in [1.82, 2.24) is 0 Å². The third-order valence-corrected chi connectivity index (χ3v) is 5.04. The summed E-state index contributed by atoms with van der Waals surface area (Å²) < 4.78 is 0. The molecule has 0 fully saturated rings. The van der Waals surface area contributed by atoms with Gasteiger partial charge in [0.15, 0.2) is 0 Å². The summed E-state index contributed by atoms with van der Waals surface area (Å²) in [5.74, 6) is -0.463. The molecule has 0 aliphatic carbocycles. The molecule has 3 aromatic rings. The van der Waals surface area contributed by atoms with E-state index in [4.69, 9.17) is 11.6 Å². The smallest absolute Gasteiger partial charge is 0.248 e. The van der Waals surface area contributed by atoms with Gasteiger partial charge in [-0.3, -0.25) is 9.59 Å². The highest BCUT2D eigenvalue weighted by Gasteiger charge is 2.05. The number of thiophene rings is 1. The molecule has 2 amide bonds. The molecule has 0 saturated carbocycles. The highest BCUT2D eigenvalue weighted by Crippen LogP contribution is 2.29. The fourth-order valence-electron chi connectivity index (χ4n) is 2.43. The van der Waals surface area contributed by atoms with E-state index in [1.165, 1.54) is 13.0 Å². The lowest BCUT2D eigenvalue weighted by Gasteiger charge is -2.07. The first kappa shape index (κ1) is 18.9. The molecule has 2 aromatic carbocycles. The fourth-order valence-corrected chi connectivity index (χ4v) is 3.57. The number of nitrogens with one attached hydrogen (secondary N) is 2. The monoisotopic (exact) mass is 396 g/mol. The molecule has 0 radical (unpaired) electrons. The first-order valence-corrected chi connectivity index (χ1v) is 9.42. The predicted octanol–water partition coefficient (Wildman–Crippen LogP) is 5.68. The summed E-state index contributed by atoms with van der Waals surface area (Å²) in [6.07, 6.45) is 3.26. The zero-order chi connectivity index (χ0) is 19.2. The number of benzene rings is 2. The van der Waals surface area contributed by atoms with Crippen LogP contribution < -0.4 is 10.6 Å². The number of halogens is 1. The van der Waals surface area contributed by atoms with E-state index in [-0.39, 0.29) is 11.8 Å².